The van der Waals surface area contributed by atoms with Crippen molar-refractivity contribution >= 4 is 40.4 Å². The second-order valence-electron chi connectivity index (χ2n) is 9.80. The normalized spacial score (nSPS) is 13.7. The molecule has 0 atom stereocenters. The van der Waals surface area contributed by atoms with E-state index in [0.29, 0.717) is 29.0 Å². The molecule has 0 unspecified atom stereocenters. The monoisotopic (exact) mass is 550 g/mol. The second-order valence-corrected chi connectivity index (χ2v) is 10.6. The van der Waals surface area contributed by atoms with Crippen molar-refractivity contribution in [1.82, 2.24) is 4.90 Å². The first-order valence-corrected chi connectivity index (χ1v) is 13.9. The fourth-order valence-electron chi connectivity index (χ4n) is 4.84. The number of nitrogens with zero attached hydrogens (tertiary/aromatic N) is 1. The Labute approximate surface area is 236 Å². The Bertz CT molecular complexity index is 1270. The van der Waals surface area contributed by atoms with E-state index in [4.69, 9.17) is 33.3 Å². The van der Waals surface area contributed by atoms with Gasteiger partial charge in [-0.1, -0.05) is 71.8 Å². The summed E-state index contributed by atoms with van der Waals surface area (Å²) in [4.78, 5) is 15.6. The first-order chi connectivity index (χ1) is 18.3. The molecule has 5 nitrogen and oxygen atoms in total. The molecule has 3 aromatic carbocycles. The Morgan fingerprint density at radius 1 is 1.05 bits per heavy atom. The van der Waals surface area contributed by atoms with Gasteiger partial charge in [0.15, 0.2) is 18.1 Å². The number of amides is 1. The number of benzene rings is 3. The minimum Gasteiger partial charge on any atom is -0.490 e. The van der Waals surface area contributed by atoms with Crippen molar-refractivity contribution in [2.45, 2.75) is 40.0 Å². The highest BCUT2D eigenvalue weighted by molar-refractivity contribution is 7.80. The van der Waals surface area contributed by atoms with Crippen molar-refractivity contribution in [3.8, 4) is 11.5 Å². The number of nitrogens with one attached hydrogen (secondary N) is 1. The van der Waals surface area contributed by atoms with E-state index in [1.807, 2.05) is 45.0 Å². The average molecular weight is 551 g/mol. The highest BCUT2D eigenvalue weighted by atomic mass is 35.5. The zero-order chi connectivity index (χ0) is 27.1. The number of thiocarbonyl (C=S) groups is 1. The predicted molar refractivity (Wildman–Crippen MR) is 159 cm³/mol. The summed E-state index contributed by atoms with van der Waals surface area (Å²) in [7, 11) is 0. The van der Waals surface area contributed by atoms with E-state index < -0.39 is 0 Å². The van der Waals surface area contributed by atoms with Crippen LogP contribution in [0.3, 0.4) is 0 Å². The van der Waals surface area contributed by atoms with Gasteiger partial charge in [0.1, 0.15) is 4.99 Å². The zero-order valence-corrected chi connectivity index (χ0v) is 23.8. The highest BCUT2D eigenvalue weighted by Crippen LogP contribution is 2.37. The lowest BCUT2D eigenvalue weighted by molar-refractivity contribution is -0.118. The van der Waals surface area contributed by atoms with Gasteiger partial charge in [-0.05, 0) is 75.3 Å². The molecule has 4 rings (SSSR count). The van der Waals surface area contributed by atoms with Gasteiger partial charge in [-0.25, -0.2) is 0 Å². The van der Waals surface area contributed by atoms with Gasteiger partial charge in [0, 0.05) is 24.3 Å². The summed E-state index contributed by atoms with van der Waals surface area (Å²) in [6.45, 7) is 7.94. The van der Waals surface area contributed by atoms with Crippen molar-refractivity contribution in [3.05, 3.63) is 87.9 Å². The van der Waals surface area contributed by atoms with Crippen LogP contribution in [0.2, 0.25) is 5.02 Å². The van der Waals surface area contributed by atoms with Gasteiger partial charge >= 0.3 is 0 Å². The summed E-state index contributed by atoms with van der Waals surface area (Å²) in [5.74, 6) is 1.21. The van der Waals surface area contributed by atoms with Crippen LogP contribution in [0.1, 0.15) is 42.0 Å². The summed E-state index contributed by atoms with van der Waals surface area (Å²) < 4.78 is 11.7. The molecule has 0 bridgehead atoms. The molecule has 1 N–H and O–H groups in total. The molecule has 0 saturated carbocycles. The molecule has 1 heterocycles. The van der Waals surface area contributed by atoms with E-state index in [2.05, 4.69) is 40.5 Å². The number of anilines is 1. The summed E-state index contributed by atoms with van der Waals surface area (Å²) in [6, 6.07) is 20.2. The number of rotatable bonds is 9. The van der Waals surface area contributed by atoms with Crippen LogP contribution in [0.15, 0.2) is 60.7 Å². The van der Waals surface area contributed by atoms with Crippen molar-refractivity contribution in [1.29, 1.82) is 0 Å². The average Bonchev–Trinajstić information content (AvgIpc) is 2.90. The van der Waals surface area contributed by atoms with Gasteiger partial charge in [0.05, 0.1) is 11.6 Å². The summed E-state index contributed by atoms with van der Waals surface area (Å²) in [5, 5.41) is 3.26. The number of carbonyl (C=O) groups excluding carboxylic acids is 1. The molecule has 1 amide bonds. The molecule has 0 radical (unpaired) electrons. The third-order valence-corrected chi connectivity index (χ3v) is 7.60. The molecule has 0 aliphatic carbocycles. The third-order valence-electron chi connectivity index (χ3n) is 6.83. The Morgan fingerprint density at radius 2 is 1.79 bits per heavy atom. The van der Waals surface area contributed by atoms with Gasteiger partial charge < -0.3 is 19.7 Å². The second kappa shape index (κ2) is 13.1. The van der Waals surface area contributed by atoms with Crippen LogP contribution < -0.4 is 14.8 Å². The van der Waals surface area contributed by atoms with Gasteiger partial charge in [0.2, 0.25) is 0 Å². The van der Waals surface area contributed by atoms with Crippen LogP contribution in [0.5, 0.6) is 11.5 Å². The highest BCUT2D eigenvalue weighted by Gasteiger charge is 2.24. The number of hydrogen-bond donors (Lipinski definition) is 1. The van der Waals surface area contributed by atoms with Crippen LogP contribution >= 0.6 is 23.8 Å². The van der Waals surface area contributed by atoms with Crippen LogP contribution in [-0.2, 0) is 11.2 Å². The number of halogens is 1. The fourth-order valence-corrected chi connectivity index (χ4v) is 5.41. The lowest BCUT2D eigenvalue weighted by Gasteiger charge is -2.34. The molecule has 200 valence electrons. The Kier molecular flexibility index (Phi) is 9.64. The number of likely N-dealkylation sites (tertiary alicyclic amines) is 1. The molecule has 38 heavy (non-hydrogen) atoms. The number of piperidine rings is 1. The van der Waals surface area contributed by atoms with E-state index in [1.54, 1.807) is 6.07 Å². The quantitative estimate of drug-likeness (QED) is 0.291. The van der Waals surface area contributed by atoms with Crippen LogP contribution in [0, 0.1) is 19.8 Å². The third kappa shape index (κ3) is 7.27. The molecule has 0 aromatic heterocycles. The fraction of sp³-hybridized carbons (Fsp3) is 0.355. The topological polar surface area (TPSA) is 50.8 Å². The van der Waals surface area contributed by atoms with Crippen molar-refractivity contribution in [2.24, 2.45) is 5.92 Å². The smallest absolute Gasteiger partial charge is 0.262 e. The van der Waals surface area contributed by atoms with E-state index >= 15 is 0 Å². The molecule has 0 spiro atoms. The minimum atomic E-state index is -0.270. The van der Waals surface area contributed by atoms with Gasteiger partial charge in [-0.15, -0.1) is 0 Å². The predicted octanol–water partition coefficient (Wildman–Crippen LogP) is 7.00. The summed E-state index contributed by atoms with van der Waals surface area (Å²) in [6.07, 6.45) is 3.29. The SMILES string of the molecule is CCOc1cc(C(=S)N2CCC(Cc3ccccc3)CC2)cc(Cl)c1OCC(=O)Nc1ccc(C)cc1C. The van der Waals surface area contributed by atoms with Crippen LogP contribution in [0.25, 0.3) is 0 Å². The maximum Gasteiger partial charge on any atom is 0.262 e. The Balaban J connectivity index is 1.38. The largest absolute Gasteiger partial charge is 0.490 e. The summed E-state index contributed by atoms with van der Waals surface area (Å²) >= 11 is 12.5. The number of hydrogen-bond acceptors (Lipinski definition) is 4. The molecule has 3 aromatic rings. The first kappa shape index (κ1) is 27.9. The number of ether oxygens (including phenoxy) is 2. The summed E-state index contributed by atoms with van der Waals surface area (Å²) in [5.41, 5.74) is 5.10. The molecular weight excluding hydrogens is 516 g/mol. The van der Waals surface area contributed by atoms with E-state index in [-0.39, 0.29) is 12.5 Å². The molecule has 1 fully saturated rings. The Hall–Kier alpha value is -3.09. The van der Waals surface area contributed by atoms with Gasteiger partial charge in [-0.2, -0.15) is 0 Å². The van der Waals surface area contributed by atoms with Gasteiger partial charge in [0.25, 0.3) is 5.91 Å². The first-order valence-electron chi connectivity index (χ1n) is 13.1. The van der Waals surface area contributed by atoms with Gasteiger partial charge in [-0.3, -0.25) is 4.79 Å². The van der Waals surface area contributed by atoms with Crippen LogP contribution in [-0.4, -0.2) is 42.1 Å². The van der Waals surface area contributed by atoms with Crippen molar-refractivity contribution in [2.75, 3.05) is 31.6 Å². The molecule has 1 aliphatic heterocycles. The number of aryl methyl sites for hydroxylation is 2. The lowest BCUT2D eigenvalue weighted by Crippen LogP contribution is -2.38. The maximum absolute atomic E-state index is 12.6. The van der Waals surface area contributed by atoms with Crippen LogP contribution in [0.4, 0.5) is 5.69 Å². The van der Waals surface area contributed by atoms with Crippen molar-refractivity contribution in [3.63, 3.8) is 0 Å². The molecule has 1 saturated heterocycles. The Morgan fingerprint density at radius 3 is 2.47 bits per heavy atom. The minimum absolute atomic E-state index is 0.189. The molecular formula is C31H35ClN2O3S. The molecule has 1 aliphatic rings. The molecule has 7 heteroatoms. The standard InChI is InChI=1S/C31H35ClN2O3S/c1-4-36-28-19-25(31(38)34-14-12-24(13-15-34)17-23-8-6-5-7-9-23)18-26(32)30(28)37-20-29(35)33-27-11-10-21(2)16-22(27)3/h5-11,16,18-19,24H,4,12-15,17,20H2,1-3H3,(H,33,35). The van der Waals surface area contributed by atoms with Crippen molar-refractivity contribution < 1.29 is 14.3 Å². The zero-order valence-electron chi connectivity index (χ0n) is 22.3. The van der Waals surface area contributed by atoms with E-state index in [9.17, 15) is 4.79 Å². The maximum atomic E-state index is 12.6. The van der Waals surface area contributed by atoms with E-state index in [0.717, 1.165) is 59.7 Å². The van der Waals surface area contributed by atoms with E-state index in [1.165, 1.54) is 5.56 Å². The number of carbonyl (C=O) groups is 1. The lowest BCUT2D eigenvalue weighted by atomic mass is 9.90.